The second-order valence-electron chi connectivity index (χ2n) is 7.31. The highest BCUT2D eigenvalue weighted by Crippen LogP contribution is 2.26. The van der Waals surface area contributed by atoms with Gasteiger partial charge in [0, 0.05) is 10.6 Å². The van der Waals surface area contributed by atoms with Crippen LogP contribution in [0.1, 0.15) is 18.9 Å². The van der Waals surface area contributed by atoms with E-state index in [4.69, 9.17) is 4.74 Å². The summed E-state index contributed by atoms with van der Waals surface area (Å²) in [5.74, 6) is -2.42. The predicted octanol–water partition coefficient (Wildman–Crippen LogP) is 3.60. The molecule has 0 bridgehead atoms. The van der Waals surface area contributed by atoms with E-state index < -0.39 is 24.2 Å². The number of ketones is 1. The summed E-state index contributed by atoms with van der Waals surface area (Å²) >= 11 is 1.06. The maximum Gasteiger partial charge on any atom is 0.471 e. The molecule has 3 rings (SSSR count). The number of hydrogen-bond acceptors (Lipinski definition) is 8. The summed E-state index contributed by atoms with van der Waals surface area (Å²) in [6.45, 7) is 1.56. The Hall–Kier alpha value is -3.94. The van der Waals surface area contributed by atoms with E-state index in [9.17, 15) is 27.6 Å². The fourth-order valence-corrected chi connectivity index (χ4v) is 3.51. The zero-order chi connectivity index (χ0) is 26.1. The first kappa shape index (κ1) is 26.7. The molecule has 0 spiro atoms. The molecular formula is C22H21F3N6O4S. The first-order valence-corrected chi connectivity index (χ1v) is 11.4. The number of Topliss-reactive ketones (excluding diaryl/α,β-unsaturated/α-hetero) is 1. The first-order valence-electron chi connectivity index (χ1n) is 10.6. The van der Waals surface area contributed by atoms with Gasteiger partial charge in [0.15, 0.2) is 5.78 Å². The van der Waals surface area contributed by atoms with E-state index in [0.717, 1.165) is 22.1 Å². The van der Waals surface area contributed by atoms with Gasteiger partial charge in [0.05, 0.1) is 6.04 Å². The molecule has 3 aromatic rings. The number of aromatic nitrogens is 4. The highest BCUT2D eigenvalue weighted by atomic mass is 32.2. The number of hydrogen-bond donors (Lipinski definition) is 2. The molecule has 10 nitrogen and oxygen atoms in total. The fourth-order valence-electron chi connectivity index (χ4n) is 2.82. The standard InChI is InChI=1S/C22H21F3N6O4S/c1-2-17(27-21(34)35-13-14-6-4-3-5-7-14)18(32)12-31-29-20(28-30-31)36-16-10-8-15(9-11-16)26-19(33)22(23,24)25/h3-11,17H,2,12-13H2,1H3,(H,26,33)(H,27,34). The van der Waals surface area contributed by atoms with Crippen LogP contribution < -0.4 is 10.6 Å². The summed E-state index contributed by atoms with van der Waals surface area (Å²) in [5, 5.41) is 16.2. The van der Waals surface area contributed by atoms with Crippen LogP contribution in [0, 0.1) is 0 Å². The fraction of sp³-hybridized carbons (Fsp3) is 0.273. The van der Waals surface area contributed by atoms with E-state index in [1.54, 1.807) is 12.2 Å². The average Bonchev–Trinajstić information content (AvgIpc) is 3.28. The molecule has 14 heteroatoms. The topological polar surface area (TPSA) is 128 Å². The van der Waals surface area contributed by atoms with E-state index in [-0.39, 0.29) is 29.8 Å². The van der Waals surface area contributed by atoms with Gasteiger partial charge >= 0.3 is 18.2 Å². The molecule has 1 aromatic heterocycles. The lowest BCUT2D eigenvalue weighted by atomic mass is 10.1. The molecule has 1 unspecified atom stereocenters. The first-order chi connectivity index (χ1) is 17.1. The third-order valence-electron chi connectivity index (χ3n) is 4.61. The quantitative estimate of drug-likeness (QED) is 0.413. The highest BCUT2D eigenvalue weighted by Gasteiger charge is 2.38. The van der Waals surface area contributed by atoms with Gasteiger partial charge in [-0.15, -0.1) is 10.2 Å². The monoisotopic (exact) mass is 522 g/mol. The number of alkyl carbamates (subject to hydrolysis) is 1. The molecule has 0 aliphatic rings. The van der Waals surface area contributed by atoms with Crippen LogP contribution in [-0.4, -0.2) is 50.2 Å². The predicted molar refractivity (Wildman–Crippen MR) is 122 cm³/mol. The number of tetrazole rings is 1. The van der Waals surface area contributed by atoms with Crippen molar-refractivity contribution < 1.29 is 32.3 Å². The van der Waals surface area contributed by atoms with E-state index >= 15 is 0 Å². The molecule has 0 radical (unpaired) electrons. The molecule has 190 valence electrons. The van der Waals surface area contributed by atoms with Crippen molar-refractivity contribution in [2.75, 3.05) is 5.32 Å². The van der Waals surface area contributed by atoms with Crippen molar-refractivity contribution in [2.45, 2.75) is 48.8 Å². The highest BCUT2D eigenvalue weighted by molar-refractivity contribution is 7.99. The van der Waals surface area contributed by atoms with Crippen molar-refractivity contribution in [1.29, 1.82) is 0 Å². The molecule has 0 aliphatic carbocycles. The van der Waals surface area contributed by atoms with Crippen molar-refractivity contribution >= 4 is 35.2 Å². The number of nitrogens with one attached hydrogen (secondary N) is 2. The van der Waals surface area contributed by atoms with Gasteiger partial charge in [-0.3, -0.25) is 9.59 Å². The number of alkyl halides is 3. The molecule has 36 heavy (non-hydrogen) atoms. The number of amides is 2. The van der Waals surface area contributed by atoms with Crippen LogP contribution in [-0.2, 0) is 27.5 Å². The number of nitrogens with zero attached hydrogens (tertiary/aromatic N) is 4. The van der Waals surface area contributed by atoms with E-state index in [1.165, 1.54) is 24.3 Å². The Morgan fingerprint density at radius 1 is 1.08 bits per heavy atom. The van der Waals surface area contributed by atoms with Crippen LogP contribution in [0.2, 0.25) is 0 Å². The maximum atomic E-state index is 12.6. The zero-order valence-corrected chi connectivity index (χ0v) is 19.7. The van der Waals surface area contributed by atoms with Crippen molar-refractivity contribution in [3.63, 3.8) is 0 Å². The van der Waals surface area contributed by atoms with Crippen LogP contribution in [0.25, 0.3) is 0 Å². The molecule has 0 fully saturated rings. The number of halogens is 3. The third-order valence-corrected chi connectivity index (χ3v) is 5.47. The molecule has 2 amide bonds. The van der Waals surface area contributed by atoms with Crippen molar-refractivity contribution in [3.8, 4) is 0 Å². The van der Waals surface area contributed by atoms with Gasteiger partial charge in [0.2, 0.25) is 5.16 Å². The van der Waals surface area contributed by atoms with Gasteiger partial charge in [-0.05, 0) is 53.2 Å². The van der Waals surface area contributed by atoms with Crippen LogP contribution in [0.4, 0.5) is 23.7 Å². The second-order valence-corrected chi connectivity index (χ2v) is 8.35. The minimum Gasteiger partial charge on any atom is -0.445 e. The Morgan fingerprint density at radius 3 is 2.42 bits per heavy atom. The SMILES string of the molecule is CCC(NC(=O)OCc1ccccc1)C(=O)Cn1nnc(Sc2ccc(NC(=O)C(F)(F)F)cc2)n1. The van der Waals surface area contributed by atoms with Crippen LogP contribution in [0.5, 0.6) is 0 Å². The van der Waals surface area contributed by atoms with E-state index in [2.05, 4.69) is 20.7 Å². The van der Waals surface area contributed by atoms with Gasteiger partial charge in [0.25, 0.3) is 0 Å². The minimum absolute atomic E-state index is 0.0238. The van der Waals surface area contributed by atoms with E-state index in [1.807, 2.05) is 30.3 Å². The summed E-state index contributed by atoms with van der Waals surface area (Å²) in [4.78, 5) is 37.3. The Labute approximate surface area is 207 Å². The van der Waals surface area contributed by atoms with Crippen molar-refractivity contribution in [3.05, 3.63) is 60.2 Å². The number of anilines is 1. The van der Waals surface area contributed by atoms with Gasteiger partial charge in [0.1, 0.15) is 13.2 Å². The molecule has 0 saturated heterocycles. The molecule has 2 aromatic carbocycles. The molecular weight excluding hydrogens is 501 g/mol. The molecule has 0 aliphatic heterocycles. The van der Waals surface area contributed by atoms with E-state index in [0.29, 0.717) is 11.3 Å². The Morgan fingerprint density at radius 2 is 1.78 bits per heavy atom. The molecule has 2 N–H and O–H groups in total. The number of ether oxygens (including phenoxy) is 1. The van der Waals surface area contributed by atoms with Gasteiger partial charge in [-0.25, -0.2) is 4.79 Å². The van der Waals surface area contributed by atoms with Gasteiger partial charge < -0.3 is 15.4 Å². The third kappa shape index (κ3) is 8.08. The Balaban J connectivity index is 1.49. The maximum absolute atomic E-state index is 12.6. The second kappa shape index (κ2) is 12.2. The summed E-state index contributed by atoms with van der Waals surface area (Å²) in [7, 11) is 0. The summed E-state index contributed by atoms with van der Waals surface area (Å²) in [5.41, 5.74) is 0.786. The van der Waals surface area contributed by atoms with Crippen LogP contribution in [0.3, 0.4) is 0 Å². The summed E-state index contributed by atoms with van der Waals surface area (Å²) in [6, 6.07) is 13.8. The Bertz CT molecular complexity index is 1190. The number of carbonyl (C=O) groups is 3. The summed E-state index contributed by atoms with van der Waals surface area (Å²) in [6.07, 6.45) is -5.38. The van der Waals surface area contributed by atoms with Crippen LogP contribution in [0.15, 0.2) is 64.6 Å². The normalized spacial score (nSPS) is 12.0. The van der Waals surface area contributed by atoms with Gasteiger partial charge in [-0.2, -0.15) is 18.0 Å². The van der Waals surface area contributed by atoms with Gasteiger partial charge in [-0.1, -0.05) is 37.3 Å². The zero-order valence-electron chi connectivity index (χ0n) is 18.9. The van der Waals surface area contributed by atoms with Crippen LogP contribution >= 0.6 is 11.8 Å². The molecule has 0 saturated carbocycles. The molecule has 1 heterocycles. The average molecular weight is 523 g/mol. The molecule has 1 atom stereocenters. The number of benzene rings is 2. The number of rotatable bonds is 10. The Kier molecular flexibility index (Phi) is 9.00. The largest absolute Gasteiger partial charge is 0.471 e. The lowest BCUT2D eigenvalue weighted by molar-refractivity contribution is -0.167. The summed E-state index contributed by atoms with van der Waals surface area (Å²) < 4.78 is 42.1. The minimum atomic E-state index is -4.98. The van der Waals surface area contributed by atoms with Crippen molar-refractivity contribution in [1.82, 2.24) is 25.5 Å². The lowest BCUT2D eigenvalue weighted by Crippen LogP contribution is -2.42. The number of carbonyl (C=O) groups excluding carboxylic acids is 3. The van der Waals surface area contributed by atoms with Crippen molar-refractivity contribution in [2.24, 2.45) is 0 Å². The smallest absolute Gasteiger partial charge is 0.445 e. The lowest BCUT2D eigenvalue weighted by Gasteiger charge is -2.15.